The van der Waals surface area contributed by atoms with E-state index in [1.165, 1.54) is 39.9 Å². The summed E-state index contributed by atoms with van der Waals surface area (Å²) in [5, 5.41) is 3.87. The highest BCUT2D eigenvalue weighted by atomic mass is 32.2. The summed E-state index contributed by atoms with van der Waals surface area (Å²) < 4.78 is 56.7. The molecule has 1 aliphatic rings. The number of pyridine rings is 1. The minimum atomic E-state index is -3.81. The van der Waals surface area contributed by atoms with E-state index in [2.05, 4.69) is 15.3 Å². The Morgan fingerprint density at radius 1 is 1.09 bits per heavy atom. The number of hydrogen-bond acceptors (Lipinski definition) is 9. The number of benzene rings is 1. The van der Waals surface area contributed by atoms with Crippen molar-refractivity contribution < 1.29 is 21.6 Å². The first-order valence-corrected chi connectivity index (χ1v) is 13.9. The van der Waals surface area contributed by atoms with Crippen molar-refractivity contribution in [2.45, 2.75) is 22.8 Å². The molecule has 0 spiro atoms. The summed E-state index contributed by atoms with van der Waals surface area (Å²) in [6, 6.07) is 10.7. The molecule has 1 N–H and O–H groups in total. The maximum atomic E-state index is 13.1. The van der Waals surface area contributed by atoms with Crippen LogP contribution >= 0.6 is 11.3 Å². The van der Waals surface area contributed by atoms with Crippen LogP contribution in [0.1, 0.15) is 16.7 Å². The van der Waals surface area contributed by atoms with Crippen molar-refractivity contribution in [1.29, 1.82) is 0 Å². The van der Waals surface area contributed by atoms with Crippen LogP contribution in [0.25, 0.3) is 0 Å². The Balaban J connectivity index is 1.52. The molecule has 12 heteroatoms. The maximum absolute atomic E-state index is 13.1. The van der Waals surface area contributed by atoms with Gasteiger partial charge in [0.1, 0.15) is 11.9 Å². The molecular formula is C20H22N4O5S3. The lowest BCUT2D eigenvalue weighted by atomic mass is 10.2. The van der Waals surface area contributed by atoms with Crippen LogP contribution in [0.4, 0.5) is 10.9 Å². The number of aromatic nitrogens is 2. The molecule has 0 amide bonds. The first kappa shape index (κ1) is 22.8. The van der Waals surface area contributed by atoms with Gasteiger partial charge in [-0.15, -0.1) is 11.3 Å². The Bertz CT molecular complexity index is 1320. The van der Waals surface area contributed by atoms with Crippen LogP contribution < -0.4 is 5.32 Å². The smallest absolute Gasteiger partial charge is 0.243 e. The summed E-state index contributed by atoms with van der Waals surface area (Å²) >= 11 is 1.51. The van der Waals surface area contributed by atoms with E-state index in [0.717, 1.165) is 16.3 Å². The first-order chi connectivity index (χ1) is 15.1. The second kappa shape index (κ2) is 8.87. The lowest BCUT2D eigenvalue weighted by molar-refractivity contribution is -0.00486. The fourth-order valence-corrected chi connectivity index (χ4v) is 5.98. The van der Waals surface area contributed by atoms with Crippen molar-refractivity contribution in [3.8, 4) is 0 Å². The highest BCUT2D eigenvalue weighted by molar-refractivity contribution is 7.90. The van der Waals surface area contributed by atoms with Gasteiger partial charge in [-0.2, -0.15) is 4.31 Å². The predicted molar refractivity (Wildman–Crippen MR) is 121 cm³/mol. The van der Waals surface area contributed by atoms with Gasteiger partial charge in [0.05, 0.1) is 22.1 Å². The molecule has 0 radical (unpaired) electrons. The Morgan fingerprint density at radius 3 is 2.47 bits per heavy atom. The summed E-state index contributed by atoms with van der Waals surface area (Å²) in [6.45, 7) is 2.48. The van der Waals surface area contributed by atoms with Crippen LogP contribution in [-0.4, -0.2) is 57.1 Å². The zero-order chi connectivity index (χ0) is 22.9. The van der Waals surface area contributed by atoms with Crippen molar-refractivity contribution in [3.05, 3.63) is 59.2 Å². The standard InChI is InChI=1S/C20H22N4O5S3/c1-14-12-21-20(30-14)23-19-5-3-4-17(22-19)18-13-24(10-11-29-18)32(27,28)16-8-6-15(7-9-16)31(2,25)26/h3-9,12,18H,10-11,13H2,1-2H3,(H,21,22,23). The van der Waals surface area contributed by atoms with Gasteiger partial charge >= 0.3 is 0 Å². The molecule has 9 nitrogen and oxygen atoms in total. The molecule has 4 rings (SSSR count). The van der Waals surface area contributed by atoms with Gasteiger partial charge in [-0.25, -0.2) is 26.8 Å². The van der Waals surface area contributed by atoms with Crippen molar-refractivity contribution in [2.24, 2.45) is 0 Å². The molecular weight excluding hydrogens is 472 g/mol. The molecule has 0 bridgehead atoms. The number of thiazole rings is 1. The van der Waals surface area contributed by atoms with Gasteiger partial charge in [0.15, 0.2) is 15.0 Å². The molecule has 3 heterocycles. The van der Waals surface area contributed by atoms with E-state index in [0.29, 0.717) is 11.5 Å². The third-order valence-corrected chi connectivity index (χ3v) is 8.71. The van der Waals surface area contributed by atoms with Gasteiger partial charge in [-0.1, -0.05) is 6.07 Å². The van der Waals surface area contributed by atoms with Crippen molar-refractivity contribution in [1.82, 2.24) is 14.3 Å². The SMILES string of the molecule is Cc1cnc(Nc2cccc(C3CN(S(=O)(=O)c4ccc(S(C)(=O)=O)cc4)CCO3)n2)s1. The molecule has 1 saturated heterocycles. The van der Waals surface area contributed by atoms with E-state index in [1.807, 2.05) is 13.0 Å². The first-order valence-electron chi connectivity index (χ1n) is 9.71. The number of nitrogens with zero attached hydrogens (tertiary/aromatic N) is 3. The number of rotatable bonds is 6. The molecule has 32 heavy (non-hydrogen) atoms. The van der Waals surface area contributed by atoms with Crippen LogP contribution in [0.2, 0.25) is 0 Å². The summed E-state index contributed by atoms with van der Waals surface area (Å²) in [6.07, 6.45) is 2.31. The van der Waals surface area contributed by atoms with E-state index >= 15 is 0 Å². The summed E-state index contributed by atoms with van der Waals surface area (Å²) in [5.74, 6) is 0.594. The molecule has 1 atom stereocenters. The lowest BCUT2D eigenvalue weighted by Gasteiger charge is -2.32. The van der Waals surface area contributed by atoms with Crippen LogP contribution in [0.3, 0.4) is 0 Å². The predicted octanol–water partition coefficient (Wildman–Crippen LogP) is 2.76. The van der Waals surface area contributed by atoms with Crippen molar-refractivity contribution in [3.63, 3.8) is 0 Å². The summed E-state index contributed by atoms with van der Waals surface area (Å²) in [4.78, 5) is 10.0. The summed E-state index contributed by atoms with van der Waals surface area (Å²) in [7, 11) is -7.22. The average molecular weight is 495 g/mol. The highest BCUT2D eigenvalue weighted by Crippen LogP contribution is 2.28. The number of anilines is 2. The molecule has 170 valence electrons. The van der Waals surface area contributed by atoms with Crippen LogP contribution in [-0.2, 0) is 24.6 Å². The van der Waals surface area contributed by atoms with Gasteiger partial charge in [0.25, 0.3) is 0 Å². The van der Waals surface area contributed by atoms with Crippen LogP contribution in [0.15, 0.2) is 58.5 Å². The fourth-order valence-electron chi connectivity index (χ4n) is 3.25. The lowest BCUT2D eigenvalue weighted by Crippen LogP contribution is -2.42. The average Bonchev–Trinajstić information content (AvgIpc) is 3.18. The molecule has 1 aromatic carbocycles. The number of hydrogen-bond donors (Lipinski definition) is 1. The second-order valence-corrected chi connectivity index (χ2v) is 12.5. The minimum absolute atomic E-state index is 0.0352. The van der Waals surface area contributed by atoms with Crippen LogP contribution in [0, 0.1) is 6.92 Å². The zero-order valence-electron chi connectivity index (χ0n) is 17.4. The van der Waals surface area contributed by atoms with Gasteiger partial charge in [0, 0.05) is 30.4 Å². The minimum Gasteiger partial charge on any atom is -0.369 e. The van der Waals surface area contributed by atoms with Gasteiger partial charge in [-0.05, 0) is 43.3 Å². The molecule has 1 unspecified atom stereocenters. The number of ether oxygens (including phenoxy) is 1. The Labute approximate surface area is 191 Å². The molecule has 0 saturated carbocycles. The topological polar surface area (TPSA) is 119 Å². The van der Waals surface area contributed by atoms with Crippen LogP contribution in [0.5, 0.6) is 0 Å². The monoisotopic (exact) mass is 494 g/mol. The van der Waals surface area contributed by atoms with E-state index in [4.69, 9.17) is 4.74 Å². The van der Waals surface area contributed by atoms with Gasteiger partial charge in [0.2, 0.25) is 10.0 Å². The summed E-state index contributed by atoms with van der Waals surface area (Å²) in [5.41, 5.74) is 0.607. The zero-order valence-corrected chi connectivity index (χ0v) is 19.9. The second-order valence-electron chi connectivity index (χ2n) is 7.31. The molecule has 2 aromatic heterocycles. The van der Waals surface area contributed by atoms with Gasteiger partial charge in [-0.3, -0.25) is 0 Å². The number of aryl methyl sites for hydroxylation is 1. The normalized spacial score (nSPS) is 17.9. The molecule has 1 aliphatic heterocycles. The van der Waals surface area contributed by atoms with E-state index in [-0.39, 0.29) is 29.5 Å². The third kappa shape index (κ3) is 4.99. The Morgan fingerprint density at radius 2 is 1.81 bits per heavy atom. The Hall–Kier alpha value is -2.38. The number of morpholine rings is 1. The molecule has 0 aliphatic carbocycles. The van der Waals surface area contributed by atoms with E-state index < -0.39 is 26.0 Å². The van der Waals surface area contributed by atoms with E-state index in [9.17, 15) is 16.8 Å². The van der Waals surface area contributed by atoms with Crippen molar-refractivity contribution >= 4 is 42.1 Å². The quantitative estimate of drug-likeness (QED) is 0.556. The van der Waals surface area contributed by atoms with Crippen molar-refractivity contribution in [2.75, 3.05) is 31.3 Å². The molecule has 1 fully saturated rings. The highest BCUT2D eigenvalue weighted by Gasteiger charge is 2.32. The Kier molecular flexibility index (Phi) is 6.32. The number of sulfonamides is 1. The third-order valence-electron chi connectivity index (χ3n) is 4.88. The number of nitrogens with one attached hydrogen (secondary N) is 1. The molecule has 3 aromatic rings. The van der Waals surface area contributed by atoms with E-state index in [1.54, 1.807) is 18.3 Å². The fraction of sp³-hybridized carbons (Fsp3) is 0.300. The largest absolute Gasteiger partial charge is 0.369 e. The maximum Gasteiger partial charge on any atom is 0.243 e. The van der Waals surface area contributed by atoms with Gasteiger partial charge < -0.3 is 10.1 Å². The number of sulfone groups is 1.